The van der Waals surface area contributed by atoms with E-state index in [1.165, 1.54) is 0 Å². The molecule has 0 aliphatic rings. The zero-order valence-corrected chi connectivity index (χ0v) is 32.5. The van der Waals surface area contributed by atoms with Gasteiger partial charge in [-0.3, -0.25) is 0 Å². The van der Waals surface area contributed by atoms with E-state index in [1.807, 2.05) is 115 Å². The Bertz CT molecular complexity index is 3500. The molecule has 4 heterocycles. The van der Waals surface area contributed by atoms with Gasteiger partial charge in [-0.15, -0.1) is 0 Å². The van der Waals surface area contributed by atoms with Gasteiger partial charge in [0.05, 0.1) is 3.57 Å². The van der Waals surface area contributed by atoms with Crippen LogP contribution in [-0.2, 0) is 0 Å². The first kappa shape index (κ1) is 35.7. The Morgan fingerprint density at radius 1 is 0.379 bits per heavy atom. The molecule has 4 N–H and O–H groups in total. The number of furan rings is 4. The second-order valence-electron chi connectivity index (χ2n) is 13.8. The van der Waals surface area contributed by atoms with Gasteiger partial charge in [-0.25, -0.2) is 0 Å². The maximum absolute atomic E-state index is 10.8. The number of fused-ring (bicyclic) bond motifs is 12. The van der Waals surface area contributed by atoms with Crippen LogP contribution in [0.3, 0.4) is 0 Å². The number of para-hydroxylation sites is 6. The van der Waals surface area contributed by atoms with Gasteiger partial charge in [-0.05, 0) is 71.1 Å². The Morgan fingerprint density at radius 3 is 1.43 bits per heavy atom. The van der Waals surface area contributed by atoms with Crippen molar-refractivity contribution in [3.8, 4) is 22.6 Å². The van der Waals surface area contributed by atoms with Crippen molar-refractivity contribution in [1.29, 1.82) is 0 Å². The third-order valence-electron chi connectivity index (χ3n) is 10.4. The summed E-state index contributed by atoms with van der Waals surface area (Å²) < 4.78 is 24.3. The van der Waals surface area contributed by atoms with E-state index in [9.17, 15) is 20.3 Å². The molecule has 10 heteroatoms. The van der Waals surface area contributed by atoms with Gasteiger partial charge in [0.2, 0.25) is 0 Å². The number of benzene rings is 8. The largest absolute Gasteiger partial charge is 0.507 e. The van der Waals surface area contributed by atoms with Gasteiger partial charge in [0.1, 0.15) is 56.2 Å². The fourth-order valence-corrected chi connectivity index (χ4v) is 8.49. The summed E-state index contributed by atoms with van der Waals surface area (Å²) in [6, 6.07) is 49.7. The van der Waals surface area contributed by atoms with Gasteiger partial charge in [0, 0.05) is 59.7 Å². The molecule has 0 amide bonds. The van der Waals surface area contributed by atoms with E-state index in [0.717, 1.165) is 96.9 Å². The van der Waals surface area contributed by atoms with Crippen LogP contribution in [0.4, 0.5) is 0 Å². The Balaban J connectivity index is 0.000000113. The first-order valence-electron chi connectivity index (χ1n) is 18.4. The van der Waals surface area contributed by atoms with Crippen molar-refractivity contribution in [3.63, 3.8) is 0 Å². The van der Waals surface area contributed by atoms with E-state index in [-0.39, 0.29) is 5.75 Å². The summed E-state index contributed by atoms with van der Waals surface area (Å²) in [5, 5.41) is 46.8. The van der Waals surface area contributed by atoms with Gasteiger partial charge in [0.25, 0.3) is 0 Å². The van der Waals surface area contributed by atoms with Crippen molar-refractivity contribution >= 4 is 123 Å². The molecule has 0 saturated carbocycles. The number of halogens is 1. The standard InChI is InChI=1S/C24H14O3.C12H9BO3.C12H7IO2/c25-18-12-13-21-23(16-7-2-4-11-20(16)26-21)22(18)17-9-5-8-15-14-6-1-3-10-19(14)27-24(15)17;14-13(15)10-6-3-5-9-8-4-1-2-7-11(8)16-12(9)10;13-12-8(14)5-6-10-11(12)7-3-1-2-4-9(7)15-10/h1-13,25H;1-7,14-15H;1-6,14H. The third-order valence-corrected chi connectivity index (χ3v) is 11.5. The Labute approximate surface area is 343 Å². The molecule has 8 aromatic carbocycles. The van der Waals surface area contributed by atoms with Crippen LogP contribution in [0.5, 0.6) is 11.5 Å². The average molecular weight is 872 g/mol. The van der Waals surface area contributed by atoms with Crippen molar-refractivity contribution in [3.05, 3.63) is 161 Å². The van der Waals surface area contributed by atoms with Crippen molar-refractivity contribution < 1.29 is 37.9 Å². The van der Waals surface area contributed by atoms with Gasteiger partial charge >= 0.3 is 7.12 Å². The number of phenolic OH excluding ortho intramolecular Hbond substituents is 2. The van der Waals surface area contributed by atoms with E-state index in [2.05, 4.69) is 34.7 Å². The average Bonchev–Trinajstić information content (AvgIpc) is 4.03. The lowest BCUT2D eigenvalue weighted by molar-refractivity contribution is 0.425. The quantitative estimate of drug-likeness (QED) is 0.0997. The highest BCUT2D eigenvalue weighted by Crippen LogP contribution is 2.45. The Kier molecular flexibility index (Phi) is 8.82. The molecule has 0 unspecified atom stereocenters. The third kappa shape index (κ3) is 5.92. The summed E-state index contributed by atoms with van der Waals surface area (Å²) >= 11 is 2.14. The van der Waals surface area contributed by atoms with Crippen LogP contribution in [0.1, 0.15) is 0 Å². The van der Waals surface area contributed by atoms with Crippen LogP contribution in [0.15, 0.2) is 175 Å². The highest BCUT2D eigenvalue weighted by atomic mass is 127. The molecule has 0 bridgehead atoms. The summed E-state index contributed by atoms with van der Waals surface area (Å²) in [7, 11) is -1.51. The van der Waals surface area contributed by atoms with Crippen LogP contribution < -0.4 is 5.46 Å². The van der Waals surface area contributed by atoms with Crippen LogP contribution in [0.25, 0.3) is 98.9 Å². The lowest BCUT2D eigenvalue weighted by Crippen LogP contribution is -2.29. The number of rotatable bonds is 2. The molecule has 12 aromatic rings. The molecule has 4 aromatic heterocycles. The Morgan fingerprint density at radius 2 is 0.828 bits per heavy atom. The molecule has 8 nitrogen and oxygen atoms in total. The molecule has 0 fully saturated rings. The Hall–Kier alpha value is -6.73. The second-order valence-corrected chi connectivity index (χ2v) is 14.9. The first-order valence-corrected chi connectivity index (χ1v) is 19.5. The molecular weight excluding hydrogens is 842 g/mol. The molecule has 0 saturated heterocycles. The van der Waals surface area contributed by atoms with Gasteiger partial charge in [0.15, 0.2) is 0 Å². The highest BCUT2D eigenvalue weighted by Gasteiger charge is 2.21. The van der Waals surface area contributed by atoms with E-state index < -0.39 is 7.12 Å². The van der Waals surface area contributed by atoms with Crippen LogP contribution in [0.2, 0.25) is 0 Å². The summed E-state index contributed by atoms with van der Waals surface area (Å²) in [4.78, 5) is 0. The molecule has 0 atom stereocenters. The molecule has 0 aliphatic heterocycles. The van der Waals surface area contributed by atoms with Gasteiger partial charge in [-0.2, -0.15) is 0 Å². The zero-order valence-electron chi connectivity index (χ0n) is 30.4. The van der Waals surface area contributed by atoms with E-state index >= 15 is 0 Å². The number of phenols is 2. The number of aromatic hydroxyl groups is 2. The lowest BCUT2D eigenvalue weighted by atomic mass is 9.79. The maximum atomic E-state index is 10.8. The second kappa shape index (κ2) is 14.3. The molecule has 0 aliphatic carbocycles. The van der Waals surface area contributed by atoms with E-state index in [4.69, 9.17) is 17.7 Å². The highest BCUT2D eigenvalue weighted by molar-refractivity contribution is 14.1. The summed E-state index contributed by atoms with van der Waals surface area (Å²) in [6.45, 7) is 0. The molecule has 0 radical (unpaired) electrons. The smallest absolute Gasteiger partial charge is 0.492 e. The fourth-order valence-electron chi connectivity index (χ4n) is 7.76. The van der Waals surface area contributed by atoms with E-state index in [0.29, 0.717) is 16.8 Å². The SMILES string of the molecule is OB(O)c1cccc2c1oc1ccccc12.Oc1ccc2oc3ccccc3c2c1-c1cccc2c1oc1ccccc12.Oc1ccc2oc3ccccc3c2c1I. The minimum atomic E-state index is -1.51. The van der Waals surface area contributed by atoms with Crippen molar-refractivity contribution in [2.24, 2.45) is 0 Å². The molecule has 12 rings (SSSR count). The monoisotopic (exact) mass is 872 g/mol. The number of hydrogen-bond donors (Lipinski definition) is 4. The van der Waals surface area contributed by atoms with Crippen LogP contribution >= 0.6 is 22.6 Å². The number of hydrogen-bond acceptors (Lipinski definition) is 8. The minimum Gasteiger partial charge on any atom is -0.507 e. The predicted octanol–water partition coefficient (Wildman–Crippen LogP) is 12.0. The lowest BCUT2D eigenvalue weighted by Gasteiger charge is -2.07. The molecule has 0 spiro atoms. The minimum absolute atomic E-state index is 0.210. The predicted molar refractivity (Wildman–Crippen MR) is 240 cm³/mol. The fraction of sp³-hybridized carbons (Fsp3) is 0. The normalized spacial score (nSPS) is 11.5. The maximum Gasteiger partial charge on any atom is 0.492 e. The summed E-state index contributed by atoms with van der Waals surface area (Å²) in [5.74, 6) is 0.511. The van der Waals surface area contributed by atoms with Crippen molar-refractivity contribution in [2.45, 2.75) is 0 Å². The van der Waals surface area contributed by atoms with Crippen LogP contribution in [-0.4, -0.2) is 27.4 Å². The molecular formula is C48H30BIO8. The summed E-state index contributed by atoms with van der Waals surface area (Å²) in [6.07, 6.45) is 0. The first-order chi connectivity index (χ1) is 28.4. The van der Waals surface area contributed by atoms with Crippen molar-refractivity contribution in [1.82, 2.24) is 0 Å². The van der Waals surface area contributed by atoms with E-state index in [1.54, 1.807) is 30.3 Å². The zero-order chi connectivity index (χ0) is 39.5. The summed E-state index contributed by atoms with van der Waals surface area (Å²) in [5.41, 5.74) is 8.12. The van der Waals surface area contributed by atoms with Crippen LogP contribution in [0, 0.1) is 3.57 Å². The molecule has 280 valence electrons. The van der Waals surface area contributed by atoms with Gasteiger partial charge in [-0.1, -0.05) is 109 Å². The molecule has 58 heavy (non-hydrogen) atoms. The van der Waals surface area contributed by atoms with Crippen molar-refractivity contribution in [2.75, 3.05) is 0 Å². The topological polar surface area (TPSA) is 133 Å². The van der Waals surface area contributed by atoms with Gasteiger partial charge < -0.3 is 37.9 Å².